The summed E-state index contributed by atoms with van der Waals surface area (Å²) in [6, 6.07) is 0. The molecule has 0 fully saturated rings. The number of ether oxygens (including phenoxy) is 4. The smallest absolute Gasteiger partial charge is 0.462 e. The molecular formula is C71H134O17P2. The number of hydrogen-bond acceptors (Lipinski definition) is 15. The molecule has 0 aliphatic rings. The number of aliphatic hydroxyl groups excluding tert-OH is 1. The van der Waals surface area contributed by atoms with Gasteiger partial charge in [-0.3, -0.25) is 37.3 Å². The molecule has 3 N–H and O–H groups in total. The lowest BCUT2D eigenvalue weighted by molar-refractivity contribution is -0.161. The molecule has 0 amide bonds. The Labute approximate surface area is 548 Å². The van der Waals surface area contributed by atoms with Crippen LogP contribution in [0.3, 0.4) is 0 Å². The number of allylic oxidation sites excluding steroid dienone is 4. The largest absolute Gasteiger partial charge is 0.472 e. The molecule has 0 bridgehead atoms. The first kappa shape index (κ1) is 87.5. The Morgan fingerprint density at radius 2 is 0.600 bits per heavy atom. The minimum atomic E-state index is -4.96. The second kappa shape index (κ2) is 63.9. The monoisotopic (exact) mass is 1320 g/mol. The molecule has 0 saturated heterocycles. The van der Waals surface area contributed by atoms with Gasteiger partial charge in [-0.2, -0.15) is 0 Å². The first-order chi connectivity index (χ1) is 43.5. The molecule has 0 spiro atoms. The van der Waals surface area contributed by atoms with Crippen molar-refractivity contribution < 1.29 is 80.2 Å². The second-order valence-electron chi connectivity index (χ2n) is 25.4. The fraction of sp³-hybridized carbons (Fsp3) is 0.887. The summed E-state index contributed by atoms with van der Waals surface area (Å²) >= 11 is 0. The highest BCUT2D eigenvalue weighted by molar-refractivity contribution is 7.47. The van der Waals surface area contributed by atoms with E-state index in [1.54, 1.807) is 0 Å². The predicted octanol–water partition coefficient (Wildman–Crippen LogP) is 20.1. The van der Waals surface area contributed by atoms with Gasteiger partial charge in [0.25, 0.3) is 0 Å². The van der Waals surface area contributed by atoms with Crippen molar-refractivity contribution in [1.29, 1.82) is 0 Å². The quantitative estimate of drug-likeness (QED) is 0.0169. The second-order valence-corrected chi connectivity index (χ2v) is 28.3. The summed E-state index contributed by atoms with van der Waals surface area (Å²) in [5.41, 5.74) is 0. The van der Waals surface area contributed by atoms with E-state index in [1.807, 2.05) is 0 Å². The Kier molecular flexibility index (Phi) is 62.2. The number of hydrogen-bond donors (Lipinski definition) is 3. The predicted molar refractivity (Wildman–Crippen MR) is 363 cm³/mol. The van der Waals surface area contributed by atoms with Gasteiger partial charge in [0.1, 0.15) is 19.3 Å². The van der Waals surface area contributed by atoms with Gasteiger partial charge in [0, 0.05) is 25.7 Å². The number of unbranched alkanes of at least 4 members (excludes halogenated alkanes) is 38. The average Bonchev–Trinajstić information content (AvgIpc) is 3.55. The summed E-state index contributed by atoms with van der Waals surface area (Å²) in [4.78, 5) is 72.5. The molecule has 90 heavy (non-hydrogen) atoms. The maximum atomic E-state index is 13.0. The van der Waals surface area contributed by atoms with Crippen molar-refractivity contribution in [2.24, 2.45) is 5.92 Å². The molecule has 17 nitrogen and oxygen atoms in total. The molecule has 0 aliphatic heterocycles. The Hall–Kier alpha value is -2.46. The van der Waals surface area contributed by atoms with Crippen molar-refractivity contribution in [2.45, 2.75) is 361 Å². The van der Waals surface area contributed by atoms with Gasteiger partial charge < -0.3 is 33.8 Å². The summed E-state index contributed by atoms with van der Waals surface area (Å²) < 4.78 is 68.2. The Morgan fingerprint density at radius 3 is 0.911 bits per heavy atom. The summed E-state index contributed by atoms with van der Waals surface area (Å²) in [5, 5.41) is 10.6. The number of esters is 4. The lowest BCUT2D eigenvalue weighted by Gasteiger charge is -2.21. The molecule has 5 atom stereocenters. The van der Waals surface area contributed by atoms with Crippen LogP contribution in [0, 0.1) is 5.92 Å². The van der Waals surface area contributed by atoms with Crippen LogP contribution in [0.2, 0.25) is 0 Å². The number of rotatable bonds is 69. The zero-order chi connectivity index (χ0) is 66.3. The fourth-order valence-corrected chi connectivity index (χ4v) is 11.9. The van der Waals surface area contributed by atoms with Gasteiger partial charge in [0.15, 0.2) is 12.2 Å². The highest BCUT2D eigenvalue weighted by atomic mass is 31.2. The number of phosphoric acid groups is 2. The summed E-state index contributed by atoms with van der Waals surface area (Å²) in [7, 11) is -9.91. The number of aliphatic hydroxyl groups is 1. The molecule has 0 aromatic heterocycles. The lowest BCUT2D eigenvalue weighted by atomic mass is 10.0. The number of carbonyl (C=O) groups is 4. The van der Waals surface area contributed by atoms with E-state index in [1.165, 1.54) is 148 Å². The van der Waals surface area contributed by atoms with Crippen LogP contribution in [0.15, 0.2) is 24.3 Å². The van der Waals surface area contributed by atoms with Gasteiger partial charge in [-0.15, -0.1) is 0 Å². The van der Waals surface area contributed by atoms with Crippen LogP contribution in [0.1, 0.15) is 343 Å². The third-order valence-electron chi connectivity index (χ3n) is 15.9. The standard InChI is InChI=1S/C71H134O17P2/c1-6-9-12-15-18-21-23-25-26-27-33-37-42-47-52-57-71(76)88-67(61-82-69(74)55-50-45-40-35-32-29-28-30-34-38-43-48-53-64(4)5)63-86-90(79,80)84-59-65(72)58-83-89(77,78)85-62-66(60-81-68(73)54-49-44-39-20-17-14-11-8-3)87-70(75)56-51-46-41-36-31-24-22-19-16-13-10-7-2/h21,23,25-26,64-67,72H,6-20,22,24,27-63H2,1-5H3,(H,77,78)(H,79,80)/b23-21-,26-25-/t65-,66+,67+/m0/s1. The molecule has 0 rings (SSSR count). The zero-order valence-electron chi connectivity index (χ0n) is 57.8. The minimum absolute atomic E-state index is 0.0852. The van der Waals surface area contributed by atoms with Crippen LogP contribution >= 0.6 is 15.6 Å². The fourth-order valence-electron chi connectivity index (χ4n) is 10.3. The zero-order valence-corrected chi connectivity index (χ0v) is 59.5. The maximum Gasteiger partial charge on any atom is 0.472 e. The Morgan fingerprint density at radius 1 is 0.344 bits per heavy atom. The van der Waals surface area contributed by atoms with Crippen LogP contribution in [-0.4, -0.2) is 96.7 Å². The van der Waals surface area contributed by atoms with Crippen molar-refractivity contribution in [3.8, 4) is 0 Å². The van der Waals surface area contributed by atoms with E-state index in [0.29, 0.717) is 25.7 Å². The molecule has 0 radical (unpaired) electrons. The van der Waals surface area contributed by atoms with Crippen LogP contribution in [-0.2, 0) is 65.4 Å². The maximum absolute atomic E-state index is 13.0. The van der Waals surface area contributed by atoms with Crippen LogP contribution in [0.5, 0.6) is 0 Å². The Balaban J connectivity index is 5.26. The lowest BCUT2D eigenvalue weighted by Crippen LogP contribution is -2.30. The first-order valence-electron chi connectivity index (χ1n) is 36.5. The molecule has 19 heteroatoms. The minimum Gasteiger partial charge on any atom is -0.462 e. The first-order valence-corrected chi connectivity index (χ1v) is 39.4. The highest BCUT2D eigenvalue weighted by Gasteiger charge is 2.30. The van der Waals surface area contributed by atoms with E-state index in [0.717, 1.165) is 115 Å². The third-order valence-corrected chi connectivity index (χ3v) is 17.8. The SMILES string of the molecule is CCCCCC/C=C\C=C/CCCCCCCC(=O)O[C@H](COC(=O)CCCCCCCCCCCCCCC(C)C)COP(=O)(O)OC[C@@H](O)COP(=O)(O)OC[C@@H](COC(=O)CCCCCCCCCC)OC(=O)CCCCCCCCCCCCCC. The van der Waals surface area contributed by atoms with Crippen molar-refractivity contribution in [1.82, 2.24) is 0 Å². The van der Waals surface area contributed by atoms with Crippen LogP contribution in [0.25, 0.3) is 0 Å². The third kappa shape index (κ3) is 64.3. The van der Waals surface area contributed by atoms with E-state index in [-0.39, 0.29) is 25.7 Å². The van der Waals surface area contributed by atoms with Crippen molar-refractivity contribution in [2.75, 3.05) is 39.6 Å². The van der Waals surface area contributed by atoms with Gasteiger partial charge in [-0.1, -0.05) is 290 Å². The van der Waals surface area contributed by atoms with Crippen molar-refractivity contribution in [3.05, 3.63) is 24.3 Å². The molecule has 0 aromatic carbocycles. The van der Waals surface area contributed by atoms with Crippen LogP contribution in [0.4, 0.5) is 0 Å². The van der Waals surface area contributed by atoms with E-state index < -0.39 is 97.5 Å². The van der Waals surface area contributed by atoms with Crippen molar-refractivity contribution >= 4 is 39.5 Å². The summed E-state index contributed by atoms with van der Waals surface area (Å²) in [5.74, 6) is -1.37. The molecule has 2 unspecified atom stereocenters. The van der Waals surface area contributed by atoms with Gasteiger partial charge in [-0.25, -0.2) is 9.13 Å². The van der Waals surface area contributed by atoms with Gasteiger partial charge >= 0.3 is 39.5 Å². The Bertz CT molecular complexity index is 1830. The van der Waals surface area contributed by atoms with Gasteiger partial charge in [0.05, 0.1) is 26.4 Å². The average molecular weight is 1320 g/mol. The molecule has 0 heterocycles. The summed E-state index contributed by atoms with van der Waals surface area (Å²) in [6.45, 7) is 7.17. The highest BCUT2D eigenvalue weighted by Crippen LogP contribution is 2.45. The van der Waals surface area contributed by atoms with E-state index >= 15 is 0 Å². The van der Waals surface area contributed by atoms with Gasteiger partial charge in [0.2, 0.25) is 0 Å². The van der Waals surface area contributed by atoms with Gasteiger partial charge in [-0.05, 0) is 57.3 Å². The molecule has 0 aliphatic carbocycles. The van der Waals surface area contributed by atoms with Crippen LogP contribution < -0.4 is 0 Å². The molecule has 0 aromatic rings. The summed E-state index contributed by atoms with van der Waals surface area (Å²) in [6.07, 6.45) is 53.5. The van der Waals surface area contributed by atoms with Crippen molar-refractivity contribution in [3.63, 3.8) is 0 Å². The molecular weight excluding hydrogens is 1190 g/mol. The number of carbonyl (C=O) groups excluding carboxylic acids is 4. The normalized spacial score (nSPS) is 14.2. The molecule has 530 valence electrons. The molecule has 0 saturated carbocycles. The van der Waals surface area contributed by atoms with E-state index in [9.17, 15) is 43.2 Å². The van der Waals surface area contributed by atoms with E-state index in [2.05, 4.69) is 58.9 Å². The van der Waals surface area contributed by atoms with E-state index in [4.69, 9.17) is 37.0 Å². The topological polar surface area (TPSA) is 237 Å². The number of phosphoric ester groups is 2.